The zero-order valence-electron chi connectivity index (χ0n) is 27.8. The van der Waals surface area contributed by atoms with Gasteiger partial charge in [0, 0.05) is 37.4 Å². The van der Waals surface area contributed by atoms with E-state index >= 15 is 4.39 Å². The Kier molecular flexibility index (Phi) is 9.42. The fraction of sp³-hybridized carbons (Fsp3) is 0.382. The zero-order chi connectivity index (χ0) is 34.5. The number of rotatable bonds is 6. The minimum absolute atomic E-state index is 0.0123. The predicted molar refractivity (Wildman–Crippen MR) is 187 cm³/mol. The second-order valence-electron chi connectivity index (χ2n) is 12.8. The first-order chi connectivity index (χ1) is 22.0. The molecular weight excluding hydrogens is 641 g/mol. The number of nitrogens with two attached hydrogens (primary N) is 1. The van der Waals surface area contributed by atoms with Crippen LogP contribution < -0.4 is 10.0 Å². The minimum Gasteiger partial charge on any atom is -0.398 e. The van der Waals surface area contributed by atoms with E-state index in [1.807, 2.05) is 70.6 Å². The number of benzene rings is 2. The molecule has 0 saturated carbocycles. The molecule has 1 amide bonds. The molecule has 2 aromatic carbocycles. The van der Waals surface area contributed by atoms with Crippen molar-refractivity contribution in [3.63, 3.8) is 0 Å². The summed E-state index contributed by atoms with van der Waals surface area (Å²) in [4.78, 5) is 23.0. The minimum atomic E-state index is -4.47. The molecule has 250 valence electrons. The maximum Gasteiger partial charge on any atom is 0.352 e. The summed E-state index contributed by atoms with van der Waals surface area (Å²) in [5.41, 5.74) is 9.63. The van der Waals surface area contributed by atoms with Crippen LogP contribution in [0.2, 0.25) is 5.02 Å². The molecule has 2 aliphatic rings. The molecule has 1 fully saturated rings. The number of amidine groups is 1. The van der Waals surface area contributed by atoms with Gasteiger partial charge in [0.15, 0.2) is 11.7 Å². The normalized spacial score (nSPS) is 19.2. The first kappa shape index (κ1) is 34.3. The van der Waals surface area contributed by atoms with Gasteiger partial charge in [-0.05, 0) is 81.7 Å². The highest BCUT2D eigenvalue weighted by Crippen LogP contribution is 2.45. The van der Waals surface area contributed by atoms with Crippen LogP contribution in [-0.2, 0) is 21.5 Å². The molecule has 13 heteroatoms. The van der Waals surface area contributed by atoms with Crippen LogP contribution in [-0.4, -0.2) is 79.1 Å². The van der Waals surface area contributed by atoms with Crippen LogP contribution in [0.25, 0.3) is 11.3 Å². The number of hydrogen-bond acceptors (Lipinski definition) is 7. The molecule has 10 nitrogen and oxygen atoms in total. The maximum absolute atomic E-state index is 15.3. The third-order valence-electron chi connectivity index (χ3n) is 8.53. The van der Waals surface area contributed by atoms with Crippen LogP contribution >= 0.6 is 11.6 Å². The molecule has 1 saturated heterocycles. The molecule has 47 heavy (non-hydrogen) atoms. The van der Waals surface area contributed by atoms with Crippen molar-refractivity contribution >= 4 is 50.7 Å². The molecule has 0 bridgehead atoms. The van der Waals surface area contributed by atoms with Crippen molar-refractivity contribution in [2.45, 2.75) is 59.2 Å². The Morgan fingerprint density at radius 1 is 1.19 bits per heavy atom. The number of carbonyl (C=O) groups is 1. The second kappa shape index (κ2) is 12.9. The number of hydrogen-bond donors (Lipinski definition) is 1. The number of anilines is 3. The molecule has 0 aliphatic carbocycles. The van der Waals surface area contributed by atoms with E-state index in [1.165, 1.54) is 24.3 Å². The Hall–Kier alpha value is -4.00. The summed E-state index contributed by atoms with van der Waals surface area (Å²) >= 11 is 6.84. The van der Waals surface area contributed by atoms with Crippen molar-refractivity contribution in [3.05, 3.63) is 82.1 Å². The summed E-state index contributed by atoms with van der Waals surface area (Å²) in [6.45, 7) is 14.5. The fourth-order valence-corrected chi connectivity index (χ4v) is 7.99. The lowest BCUT2D eigenvalue weighted by atomic mass is 9.94. The molecule has 1 aromatic heterocycles. The molecule has 2 N–H and O–H groups in total. The maximum atomic E-state index is 15.3. The third kappa shape index (κ3) is 6.33. The van der Waals surface area contributed by atoms with E-state index < -0.39 is 16.0 Å². The Balaban J connectivity index is 1.80. The van der Waals surface area contributed by atoms with Crippen molar-refractivity contribution in [2.75, 3.05) is 37.2 Å². The number of pyridine rings is 1. The second-order valence-corrected chi connectivity index (χ2v) is 14.7. The number of nitrogens with zero attached hydrogens (tertiary/aromatic N) is 6. The van der Waals surface area contributed by atoms with E-state index in [-0.39, 0.29) is 57.5 Å². The first-order valence-electron chi connectivity index (χ1n) is 15.4. The monoisotopic (exact) mass is 681 g/mol. The van der Waals surface area contributed by atoms with E-state index in [0.29, 0.717) is 36.4 Å². The summed E-state index contributed by atoms with van der Waals surface area (Å²) in [6.07, 6.45) is 1.27. The summed E-state index contributed by atoms with van der Waals surface area (Å²) in [7, 11) is -0.527. The van der Waals surface area contributed by atoms with E-state index in [0.717, 1.165) is 15.4 Å². The number of fused-ring (bicyclic) bond motifs is 1. The number of halogens is 2. The van der Waals surface area contributed by atoms with Gasteiger partial charge in [-0.3, -0.25) is 4.79 Å². The zero-order valence-corrected chi connectivity index (χ0v) is 29.3. The highest BCUT2D eigenvalue weighted by molar-refractivity contribution is 7.92. The largest absolute Gasteiger partial charge is 0.398 e. The molecule has 3 aromatic rings. The smallest absolute Gasteiger partial charge is 0.352 e. The van der Waals surface area contributed by atoms with Crippen molar-refractivity contribution in [3.8, 4) is 11.3 Å². The lowest BCUT2D eigenvalue weighted by Crippen LogP contribution is -2.60. The summed E-state index contributed by atoms with van der Waals surface area (Å²) < 4.78 is 49.9. The highest BCUT2D eigenvalue weighted by Gasteiger charge is 2.42. The number of aryl methyl sites for hydroxylation is 1. The Labute approximate surface area is 281 Å². The van der Waals surface area contributed by atoms with Gasteiger partial charge in [0.05, 0.1) is 27.5 Å². The van der Waals surface area contributed by atoms with Crippen LogP contribution in [0.15, 0.2) is 53.5 Å². The van der Waals surface area contributed by atoms with Crippen molar-refractivity contribution in [2.24, 2.45) is 4.40 Å². The number of piperazine rings is 1. The Morgan fingerprint density at radius 3 is 2.51 bits per heavy atom. The van der Waals surface area contributed by atoms with Crippen LogP contribution in [0, 0.1) is 12.7 Å². The molecule has 2 unspecified atom stereocenters. The SMILES string of the molecule is C=CC(=O)N1CC(C)N(C2=NS(=O)(=O)N(c3c(C)cc(CN(C)C)cc3C(C)C)c3nc(-c4c(N)cccc4F)c(Cl)cc32)CC1C. The van der Waals surface area contributed by atoms with Gasteiger partial charge in [0.1, 0.15) is 5.82 Å². The van der Waals surface area contributed by atoms with Gasteiger partial charge in [0.2, 0.25) is 5.91 Å². The van der Waals surface area contributed by atoms with Gasteiger partial charge in [0.25, 0.3) is 0 Å². The number of amides is 1. The molecule has 0 spiro atoms. The Morgan fingerprint density at radius 2 is 1.89 bits per heavy atom. The van der Waals surface area contributed by atoms with Crippen molar-refractivity contribution in [1.29, 1.82) is 0 Å². The molecule has 5 rings (SSSR count). The summed E-state index contributed by atoms with van der Waals surface area (Å²) in [5.74, 6) is -0.736. The van der Waals surface area contributed by atoms with Crippen LogP contribution in [0.5, 0.6) is 0 Å². The Bertz CT molecular complexity index is 1880. The predicted octanol–water partition coefficient (Wildman–Crippen LogP) is 5.87. The van der Waals surface area contributed by atoms with Crippen LogP contribution in [0.3, 0.4) is 0 Å². The molecule has 2 atom stereocenters. The van der Waals surface area contributed by atoms with Crippen molar-refractivity contribution in [1.82, 2.24) is 19.7 Å². The number of carbonyl (C=O) groups excluding carboxylic acids is 1. The lowest BCUT2D eigenvalue weighted by molar-refractivity contribution is -0.130. The van der Waals surface area contributed by atoms with Gasteiger partial charge in [-0.2, -0.15) is 8.42 Å². The van der Waals surface area contributed by atoms with E-state index in [4.69, 9.17) is 22.3 Å². The molecule has 0 radical (unpaired) electrons. The topological polar surface area (TPSA) is 115 Å². The fourth-order valence-electron chi connectivity index (χ4n) is 6.41. The highest BCUT2D eigenvalue weighted by atomic mass is 35.5. The van der Waals surface area contributed by atoms with E-state index in [2.05, 4.69) is 11.0 Å². The first-order valence-corrected chi connectivity index (χ1v) is 17.2. The summed E-state index contributed by atoms with van der Waals surface area (Å²) in [5, 5.41) is 0.0795. The van der Waals surface area contributed by atoms with E-state index in [9.17, 15) is 13.2 Å². The lowest BCUT2D eigenvalue weighted by Gasteiger charge is -2.46. The molecular formula is C34H41ClFN7O3S. The van der Waals surface area contributed by atoms with Gasteiger partial charge in [-0.25, -0.2) is 13.7 Å². The average molecular weight is 682 g/mol. The molecule has 3 heterocycles. The number of nitrogen functional groups attached to an aromatic ring is 1. The van der Waals surface area contributed by atoms with Gasteiger partial charge in [-0.15, -0.1) is 4.40 Å². The quantitative estimate of drug-likeness (QED) is 0.256. The van der Waals surface area contributed by atoms with Gasteiger partial charge in [-0.1, -0.05) is 50.2 Å². The third-order valence-corrected chi connectivity index (χ3v) is 10.0. The average Bonchev–Trinajstić information content (AvgIpc) is 2.97. The standard InChI is InChI=1S/C34H41ClFN7O3S/c1-9-29(44)41-16-22(6)42(17-21(41)5)34-25-15-26(35)31(30-27(36)11-10-12-28(30)37)38-33(25)43(47(45,46)39-34)32-20(4)13-23(18-40(7)8)14-24(32)19(2)3/h9-15,19,21-22H,1,16-18,37H2,2-8H3. The van der Waals surface area contributed by atoms with E-state index in [1.54, 1.807) is 11.0 Å². The van der Waals surface area contributed by atoms with Gasteiger partial charge >= 0.3 is 10.2 Å². The van der Waals surface area contributed by atoms with Crippen molar-refractivity contribution < 1.29 is 17.6 Å². The number of aromatic nitrogens is 1. The van der Waals surface area contributed by atoms with Crippen LogP contribution in [0.1, 0.15) is 55.9 Å². The van der Waals surface area contributed by atoms with Gasteiger partial charge < -0.3 is 20.4 Å². The molecule has 2 aliphatic heterocycles. The van der Waals surface area contributed by atoms with Crippen LogP contribution in [0.4, 0.5) is 21.6 Å². The summed E-state index contributed by atoms with van der Waals surface area (Å²) in [6, 6.07) is 9.22.